The summed E-state index contributed by atoms with van der Waals surface area (Å²) in [5.41, 5.74) is -1.40. The number of nitrogens with zero attached hydrogens (tertiary/aromatic N) is 1. The number of hydrogen-bond donors (Lipinski definition) is 2. The molecule has 1 heterocycles. The minimum absolute atomic E-state index is 0.0730. The summed E-state index contributed by atoms with van der Waals surface area (Å²) in [4.78, 5) is 43.9. The second-order valence-electron chi connectivity index (χ2n) is 5.31. The molecule has 0 spiro atoms. The lowest BCUT2D eigenvalue weighted by molar-refractivity contribution is -0.168. The Balaban J connectivity index is 3.22. The second-order valence-corrected chi connectivity index (χ2v) is 5.31. The number of ether oxygens (including phenoxy) is 2. The van der Waals surface area contributed by atoms with E-state index in [9.17, 15) is 14.4 Å². The quantitative estimate of drug-likeness (QED) is 0.511. The van der Waals surface area contributed by atoms with E-state index in [0.29, 0.717) is 5.69 Å². The summed E-state index contributed by atoms with van der Waals surface area (Å²) in [7, 11) is 0. The van der Waals surface area contributed by atoms with Crippen LogP contribution < -0.4 is 5.32 Å². The van der Waals surface area contributed by atoms with E-state index in [4.69, 9.17) is 9.47 Å². The molecule has 0 aliphatic carbocycles. The summed E-state index contributed by atoms with van der Waals surface area (Å²) in [6.07, 6.45) is 3.06. The van der Waals surface area contributed by atoms with Crippen LogP contribution in [-0.2, 0) is 36.7 Å². The lowest BCUT2D eigenvalue weighted by Gasteiger charge is -2.29. The first kappa shape index (κ1) is 19.7. The van der Waals surface area contributed by atoms with Gasteiger partial charge >= 0.3 is 11.9 Å². The van der Waals surface area contributed by atoms with Gasteiger partial charge in [0.2, 0.25) is 11.4 Å². The summed E-state index contributed by atoms with van der Waals surface area (Å²) in [5, 5.41) is 2.42. The van der Waals surface area contributed by atoms with Crippen LogP contribution in [0.15, 0.2) is 6.20 Å². The highest BCUT2D eigenvalue weighted by atomic mass is 16.6. The highest BCUT2D eigenvalue weighted by Crippen LogP contribution is 2.18. The first-order chi connectivity index (χ1) is 11.4. The minimum atomic E-state index is -1.94. The van der Waals surface area contributed by atoms with Gasteiger partial charge in [0.25, 0.3) is 0 Å². The highest BCUT2D eigenvalue weighted by molar-refractivity contribution is 6.08. The molecule has 1 aromatic rings. The van der Waals surface area contributed by atoms with E-state index in [2.05, 4.69) is 15.3 Å². The van der Waals surface area contributed by atoms with Crippen LogP contribution in [0.4, 0.5) is 0 Å². The molecule has 0 saturated carbocycles. The molecular weight excluding hydrogens is 314 g/mol. The maximum Gasteiger partial charge on any atom is 0.344 e. The molecule has 1 aromatic heterocycles. The summed E-state index contributed by atoms with van der Waals surface area (Å²) >= 11 is 0. The van der Waals surface area contributed by atoms with Gasteiger partial charge in [-0.15, -0.1) is 0 Å². The van der Waals surface area contributed by atoms with Crippen LogP contribution in [-0.4, -0.2) is 46.6 Å². The maximum absolute atomic E-state index is 12.5. The van der Waals surface area contributed by atoms with Crippen molar-refractivity contribution in [2.75, 3.05) is 13.2 Å². The van der Waals surface area contributed by atoms with Gasteiger partial charge < -0.3 is 19.8 Å². The van der Waals surface area contributed by atoms with Crippen molar-refractivity contribution >= 4 is 17.8 Å². The summed E-state index contributed by atoms with van der Waals surface area (Å²) in [6, 6.07) is 0. The fourth-order valence-corrected chi connectivity index (χ4v) is 2.33. The van der Waals surface area contributed by atoms with Crippen molar-refractivity contribution in [1.82, 2.24) is 15.3 Å². The Hall–Kier alpha value is -2.38. The average molecular weight is 339 g/mol. The van der Waals surface area contributed by atoms with E-state index in [0.717, 1.165) is 18.7 Å². The van der Waals surface area contributed by atoms with E-state index < -0.39 is 23.4 Å². The minimum Gasteiger partial charge on any atom is -0.464 e. The number of carbonyl (C=O) groups is 3. The Morgan fingerprint density at radius 3 is 2.21 bits per heavy atom. The third-order valence-electron chi connectivity index (χ3n) is 3.26. The Morgan fingerprint density at radius 1 is 1.17 bits per heavy atom. The molecular formula is C16H25N3O5. The van der Waals surface area contributed by atoms with Gasteiger partial charge in [0.05, 0.1) is 13.2 Å². The molecule has 1 rings (SSSR count). The number of nitrogens with one attached hydrogen (secondary N) is 2. The molecule has 0 aliphatic rings. The number of H-pyrrole nitrogens is 1. The molecule has 0 fully saturated rings. The number of rotatable bonds is 9. The Kier molecular flexibility index (Phi) is 7.41. The van der Waals surface area contributed by atoms with Gasteiger partial charge in [-0.25, -0.2) is 14.6 Å². The SMILES string of the molecule is CCCc1ncc(CC(NC(C)=O)(C(=O)OCC)C(=O)OCC)[nH]1. The maximum atomic E-state index is 12.5. The number of carbonyl (C=O) groups excluding carboxylic acids is 3. The molecule has 0 bridgehead atoms. The monoisotopic (exact) mass is 339 g/mol. The van der Waals surface area contributed by atoms with Crippen LogP contribution in [0.25, 0.3) is 0 Å². The molecule has 1 amide bonds. The third-order valence-corrected chi connectivity index (χ3v) is 3.26. The summed E-state index contributed by atoms with van der Waals surface area (Å²) < 4.78 is 10.0. The molecule has 24 heavy (non-hydrogen) atoms. The van der Waals surface area contributed by atoms with E-state index in [1.165, 1.54) is 6.92 Å². The molecule has 2 N–H and O–H groups in total. The Morgan fingerprint density at radius 2 is 1.75 bits per heavy atom. The predicted molar refractivity (Wildman–Crippen MR) is 86.1 cm³/mol. The summed E-state index contributed by atoms with van der Waals surface area (Å²) in [5.74, 6) is -1.50. The van der Waals surface area contributed by atoms with Crippen molar-refractivity contribution in [2.24, 2.45) is 0 Å². The van der Waals surface area contributed by atoms with Gasteiger partial charge in [-0.05, 0) is 20.3 Å². The Bertz CT molecular complexity index is 564. The van der Waals surface area contributed by atoms with Crippen molar-refractivity contribution in [3.63, 3.8) is 0 Å². The second kappa shape index (κ2) is 9.05. The van der Waals surface area contributed by atoms with Crippen LogP contribution in [0, 0.1) is 0 Å². The number of esters is 2. The van der Waals surface area contributed by atoms with Gasteiger partial charge in [-0.1, -0.05) is 6.92 Å². The zero-order valence-corrected chi connectivity index (χ0v) is 14.6. The van der Waals surface area contributed by atoms with Gasteiger partial charge in [-0.2, -0.15) is 0 Å². The van der Waals surface area contributed by atoms with E-state index >= 15 is 0 Å². The lowest BCUT2D eigenvalue weighted by atomic mass is 9.93. The standard InChI is InChI=1S/C16H25N3O5/c1-5-8-13-17-10-12(18-13)9-16(19-11(4)20,14(21)23-6-2)15(22)24-7-3/h10H,5-9H2,1-4H3,(H,17,18)(H,19,20). The van der Waals surface area contributed by atoms with E-state index in [1.54, 1.807) is 20.0 Å². The van der Waals surface area contributed by atoms with Gasteiger partial charge in [0, 0.05) is 31.7 Å². The molecule has 0 saturated heterocycles. The molecule has 0 unspecified atom stereocenters. The Labute approximate surface area is 141 Å². The first-order valence-electron chi connectivity index (χ1n) is 8.05. The smallest absolute Gasteiger partial charge is 0.344 e. The topological polar surface area (TPSA) is 110 Å². The largest absolute Gasteiger partial charge is 0.464 e. The zero-order chi connectivity index (χ0) is 18.2. The van der Waals surface area contributed by atoms with E-state index in [-0.39, 0.29) is 19.6 Å². The molecule has 8 heteroatoms. The van der Waals surface area contributed by atoms with Crippen LogP contribution in [0.2, 0.25) is 0 Å². The van der Waals surface area contributed by atoms with Crippen LogP contribution in [0.5, 0.6) is 0 Å². The predicted octanol–water partition coefficient (Wildman–Crippen LogP) is 0.906. The van der Waals surface area contributed by atoms with Crippen LogP contribution in [0.3, 0.4) is 0 Å². The van der Waals surface area contributed by atoms with Crippen molar-refractivity contribution in [3.8, 4) is 0 Å². The fourth-order valence-electron chi connectivity index (χ4n) is 2.33. The number of amides is 1. The van der Waals surface area contributed by atoms with Crippen molar-refractivity contribution < 1.29 is 23.9 Å². The third kappa shape index (κ3) is 4.81. The molecule has 0 aromatic carbocycles. The van der Waals surface area contributed by atoms with Gasteiger partial charge in [0.1, 0.15) is 5.82 Å². The average Bonchev–Trinajstić information content (AvgIpc) is 2.94. The number of aryl methyl sites for hydroxylation is 1. The van der Waals surface area contributed by atoms with E-state index in [1.807, 2.05) is 6.92 Å². The van der Waals surface area contributed by atoms with Gasteiger partial charge in [0.15, 0.2) is 0 Å². The number of imidazole rings is 1. The molecule has 134 valence electrons. The first-order valence-corrected chi connectivity index (χ1v) is 8.05. The number of hydrogen-bond acceptors (Lipinski definition) is 6. The molecule has 0 aliphatic heterocycles. The number of aromatic amines is 1. The van der Waals surface area contributed by atoms with Gasteiger partial charge in [-0.3, -0.25) is 4.79 Å². The van der Waals surface area contributed by atoms with Crippen molar-refractivity contribution in [1.29, 1.82) is 0 Å². The van der Waals surface area contributed by atoms with Crippen molar-refractivity contribution in [3.05, 3.63) is 17.7 Å². The molecule has 8 nitrogen and oxygen atoms in total. The lowest BCUT2D eigenvalue weighted by Crippen LogP contribution is -2.62. The fraction of sp³-hybridized carbons (Fsp3) is 0.625. The highest BCUT2D eigenvalue weighted by Gasteiger charge is 2.50. The molecule has 0 radical (unpaired) electrons. The van der Waals surface area contributed by atoms with Crippen LogP contribution >= 0.6 is 0 Å². The number of aromatic nitrogens is 2. The normalized spacial score (nSPS) is 11.0. The zero-order valence-electron chi connectivity index (χ0n) is 14.6. The van der Waals surface area contributed by atoms with Crippen LogP contribution in [0.1, 0.15) is 45.6 Å². The summed E-state index contributed by atoms with van der Waals surface area (Å²) in [6.45, 7) is 6.63. The molecule has 0 atom stereocenters. The van der Waals surface area contributed by atoms with Crippen molar-refractivity contribution in [2.45, 2.75) is 52.5 Å².